The lowest BCUT2D eigenvalue weighted by molar-refractivity contribution is 0.661. The van der Waals surface area contributed by atoms with Gasteiger partial charge in [-0.15, -0.1) is 24.0 Å². The van der Waals surface area contributed by atoms with Crippen molar-refractivity contribution in [3.8, 4) is 0 Å². The molecule has 22 heavy (non-hydrogen) atoms. The second kappa shape index (κ2) is 11.0. The Morgan fingerprint density at radius 2 is 2.18 bits per heavy atom. The molecule has 0 spiro atoms. The zero-order chi connectivity index (χ0) is 14.8. The average molecular weight is 414 g/mol. The van der Waals surface area contributed by atoms with Crippen molar-refractivity contribution in [2.24, 2.45) is 4.99 Å². The fraction of sp³-hybridized carbons (Fsp3) is 0.400. The Bertz CT molecular complexity index is 526. The van der Waals surface area contributed by atoms with Crippen LogP contribution in [-0.4, -0.2) is 40.1 Å². The van der Waals surface area contributed by atoms with E-state index in [0.29, 0.717) is 0 Å². The van der Waals surface area contributed by atoms with E-state index in [9.17, 15) is 0 Å². The summed E-state index contributed by atoms with van der Waals surface area (Å²) in [5, 5.41) is 6.56. The van der Waals surface area contributed by atoms with Crippen LogP contribution in [0.3, 0.4) is 0 Å². The van der Waals surface area contributed by atoms with Crippen molar-refractivity contribution in [2.45, 2.75) is 19.9 Å². The standard InChI is InChI=1S/C15H22N6.HI/c1-2-17-15(20-10-12-21-11-9-16-13-21)19-8-6-14-5-3-4-7-18-14;/h3-5,7,9,11,13H,2,6,8,10,12H2,1H3,(H2,17,19,20);1H. The molecule has 0 aromatic carbocycles. The van der Waals surface area contributed by atoms with Gasteiger partial charge < -0.3 is 15.2 Å². The molecule has 120 valence electrons. The summed E-state index contributed by atoms with van der Waals surface area (Å²) in [6.07, 6.45) is 8.21. The highest BCUT2D eigenvalue weighted by molar-refractivity contribution is 14.0. The van der Waals surface area contributed by atoms with E-state index in [-0.39, 0.29) is 24.0 Å². The van der Waals surface area contributed by atoms with E-state index in [0.717, 1.165) is 44.3 Å². The predicted molar refractivity (Wildman–Crippen MR) is 99.6 cm³/mol. The minimum Gasteiger partial charge on any atom is -0.357 e. The van der Waals surface area contributed by atoms with Gasteiger partial charge >= 0.3 is 0 Å². The van der Waals surface area contributed by atoms with Crippen LogP contribution in [0.4, 0.5) is 0 Å². The molecule has 0 amide bonds. The highest BCUT2D eigenvalue weighted by atomic mass is 127. The number of guanidine groups is 1. The number of halogens is 1. The quantitative estimate of drug-likeness (QED) is 0.411. The van der Waals surface area contributed by atoms with Crippen LogP contribution in [0.2, 0.25) is 0 Å². The Labute approximate surface area is 148 Å². The molecule has 2 rings (SSSR count). The molecule has 0 fully saturated rings. The van der Waals surface area contributed by atoms with Crippen LogP contribution < -0.4 is 10.6 Å². The van der Waals surface area contributed by atoms with Gasteiger partial charge in [0.25, 0.3) is 0 Å². The molecule has 0 aliphatic rings. The lowest BCUT2D eigenvalue weighted by atomic mass is 10.3. The minimum atomic E-state index is 0. The van der Waals surface area contributed by atoms with Gasteiger partial charge in [0.1, 0.15) is 0 Å². The fourth-order valence-electron chi connectivity index (χ4n) is 1.89. The SMILES string of the molecule is CCNC(=NCCc1ccccn1)NCCn1ccnc1.I. The van der Waals surface area contributed by atoms with Crippen LogP contribution in [0, 0.1) is 0 Å². The second-order valence-corrected chi connectivity index (χ2v) is 4.56. The average Bonchev–Trinajstić information content (AvgIpc) is 3.02. The lowest BCUT2D eigenvalue weighted by Gasteiger charge is -2.11. The molecule has 0 aliphatic heterocycles. The van der Waals surface area contributed by atoms with Crippen molar-refractivity contribution in [2.75, 3.05) is 19.6 Å². The van der Waals surface area contributed by atoms with Gasteiger partial charge in [-0.25, -0.2) is 4.98 Å². The van der Waals surface area contributed by atoms with Crippen molar-refractivity contribution < 1.29 is 0 Å². The Balaban J connectivity index is 0.00000242. The minimum absolute atomic E-state index is 0. The maximum absolute atomic E-state index is 4.56. The van der Waals surface area contributed by atoms with Gasteiger partial charge in [-0.3, -0.25) is 9.98 Å². The zero-order valence-electron chi connectivity index (χ0n) is 12.8. The Hall–Kier alpha value is -1.64. The molecule has 0 unspecified atom stereocenters. The summed E-state index contributed by atoms with van der Waals surface area (Å²) in [6.45, 7) is 5.31. The topological polar surface area (TPSA) is 67.1 Å². The molecule has 0 saturated heterocycles. The smallest absolute Gasteiger partial charge is 0.191 e. The summed E-state index contributed by atoms with van der Waals surface area (Å²) in [5.41, 5.74) is 1.07. The molecule has 0 atom stereocenters. The maximum Gasteiger partial charge on any atom is 0.191 e. The number of hydrogen-bond donors (Lipinski definition) is 2. The zero-order valence-corrected chi connectivity index (χ0v) is 15.1. The van der Waals surface area contributed by atoms with Gasteiger partial charge in [0.05, 0.1) is 6.33 Å². The molecular weight excluding hydrogens is 391 g/mol. The first kappa shape index (κ1) is 18.4. The number of imidazole rings is 1. The van der Waals surface area contributed by atoms with Crippen LogP contribution in [-0.2, 0) is 13.0 Å². The van der Waals surface area contributed by atoms with E-state index < -0.39 is 0 Å². The highest BCUT2D eigenvalue weighted by Gasteiger charge is 1.98. The molecule has 2 aromatic rings. The first-order chi connectivity index (χ1) is 10.4. The summed E-state index contributed by atoms with van der Waals surface area (Å²) in [7, 11) is 0. The third-order valence-corrected chi connectivity index (χ3v) is 2.93. The monoisotopic (exact) mass is 414 g/mol. The number of rotatable bonds is 7. The Morgan fingerprint density at radius 1 is 1.27 bits per heavy atom. The van der Waals surface area contributed by atoms with E-state index in [2.05, 4.69) is 32.5 Å². The molecule has 6 nitrogen and oxygen atoms in total. The van der Waals surface area contributed by atoms with E-state index in [1.54, 1.807) is 6.20 Å². The number of aliphatic imine (C=N–C) groups is 1. The normalized spacial score (nSPS) is 10.9. The van der Waals surface area contributed by atoms with E-state index >= 15 is 0 Å². The molecular formula is C15H23IN6. The van der Waals surface area contributed by atoms with Gasteiger partial charge in [-0.2, -0.15) is 0 Å². The number of pyridine rings is 1. The molecule has 0 bridgehead atoms. The fourth-order valence-corrected chi connectivity index (χ4v) is 1.89. The maximum atomic E-state index is 4.56. The lowest BCUT2D eigenvalue weighted by Crippen LogP contribution is -2.39. The molecule has 2 heterocycles. The number of hydrogen-bond acceptors (Lipinski definition) is 3. The summed E-state index contributed by atoms with van der Waals surface area (Å²) >= 11 is 0. The van der Waals surface area contributed by atoms with Crippen molar-refractivity contribution in [3.05, 3.63) is 48.8 Å². The van der Waals surface area contributed by atoms with Crippen molar-refractivity contribution in [1.82, 2.24) is 25.2 Å². The van der Waals surface area contributed by atoms with Crippen LogP contribution in [0.1, 0.15) is 12.6 Å². The summed E-state index contributed by atoms with van der Waals surface area (Å²) in [4.78, 5) is 12.9. The summed E-state index contributed by atoms with van der Waals surface area (Å²) in [5.74, 6) is 0.841. The van der Waals surface area contributed by atoms with Crippen LogP contribution in [0.15, 0.2) is 48.1 Å². The molecule has 0 aliphatic carbocycles. The molecule has 7 heteroatoms. The Morgan fingerprint density at radius 3 is 2.86 bits per heavy atom. The first-order valence-corrected chi connectivity index (χ1v) is 7.26. The number of nitrogens with one attached hydrogen (secondary N) is 2. The molecule has 2 aromatic heterocycles. The summed E-state index contributed by atoms with van der Waals surface area (Å²) in [6, 6.07) is 5.95. The van der Waals surface area contributed by atoms with Gasteiger partial charge in [-0.05, 0) is 19.1 Å². The summed E-state index contributed by atoms with van der Waals surface area (Å²) < 4.78 is 2.03. The predicted octanol–water partition coefficient (Wildman–Crippen LogP) is 1.69. The third kappa shape index (κ3) is 6.88. The third-order valence-electron chi connectivity index (χ3n) is 2.93. The second-order valence-electron chi connectivity index (χ2n) is 4.56. The highest BCUT2D eigenvalue weighted by Crippen LogP contribution is 1.94. The number of aromatic nitrogens is 3. The van der Waals surface area contributed by atoms with Crippen molar-refractivity contribution in [3.63, 3.8) is 0 Å². The van der Waals surface area contributed by atoms with Gasteiger partial charge in [-0.1, -0.05) is 6.07 Å². The van der Waals surface area contributed by atoms with E-state index in [1.807, 2.05) is 41.5 Å². The molecule has 0 radical (unpaired) electrons. The largest absolute Gasteiger partial charge is 0.357 e. The van der Waals surface area contributed by atoms with Gasteiger partial charge in [0.15, 0.2) is 5.96 Å². The van der Waals surface area contributed by atoms with Crippen LogP contribution in [0.5, 0.6) is 0 Å². The van der Waals surface area contributed by atoms with E-state index in [1.165, 1.54) is 0 Å². The van der Waals surface area contributed by atoms with Crippen LogP contribution in [0.25, 0.3) is 0 Å². The number of nitrogens with zero attached hydrogens (tertiary/aromatic N) is 4. The van der Waals surface area contributed by atoms with Crippen LogP contribution >= 0.6 is 24.0 Å². The van der Waals surface area contributed by atoms with Crippen molar-refractivity contribution in [1.29, 1.82) is 0 Å². The molecule has 2 N–H and O–H groups in total. The van der Waals surface area contributed by atoms with Crippen molar-refractivity contribution >= 4 is 29.9 Å². The molecule has 0 saturated carbocycles. The van der Waals surface area contributed by atoms with E-state index in [4.69, 9.17) is 0 Å². The Kier molecular flexibility index (Phi) is 9.20. The first-order valence-electron chi connectivity index (χ1n) is 7.26. The van der Waals surface area contributed by atoms with Gasteiger partial charge in [0, 0.05) is 56.9 Å². The van der Waals surface area contributed by atoms with Gasteiger partial charge in [0.2, 0.25) is 0 Å².